The van der Waals surface area contributed by atoms with Gasteiger partial charge < -0.3 is 16.2 Å². The number of aliphatic carboxylic acids is 1. The van der Waals surface area contributed by atoms with Gasteiger partial charge in [0.2, 0.25) is 5.91 Å². The Morgan fingerprint density at radius 3 is 2.62 bits per heavy atom. The minimum absolute atomic E-state index is 0.0637. The van der Waals surface area contributed by atoms with E-state index in [1.807, 2.05) is 0 Å². The number of nitrogens with one attached hydrogen (secondary N) is 1. The molecule has 1 aromatic rings. The molecule has 0 aliphatic carbocycles. The Balaban J connectivity index is 2.98. The largest absolute Gasteiger partial charge is 0.480 e. The van der Waals surface area contributed by atoms with Crippen LogP contribution in [0.3, 0.4) is 0 Å². The third-order valence-electron chi connectivity index (χ3n) is 1.99. The number of rotatable bonds is 4. The predicted molar refractivity (Wildman–Crippen MR) is 55.6 cm³/mol. The average molecular weight is 226 g/mol. The predicted octanol–water partition coefficient (Wildman–Crippen LogP) is 0.810. The summed E-state index contributed by atoms with van der Waals surface area (Å²) in [5.74, 6) is -2.46. The first kappa shape index (κ1) is 12.0. The fourth-order valence-corrected chi connectivity index (χ4v) is 1.08. The molecular formula is C10H11FN2O3. The van der Waals surface area contributed by atoms with Crippen LogP contribution >= 0.6 is 0 Å². The van der Waals surface area contributed by atoms with Crippen molar-refractivity contribution < 1.29 is 19.1 Å². The van der Waals surface area contributed by atoms with Gasteiger partial charge in [-0.1, -0.05) is 0 Å². The lowest BCUT2D eigenvalue weighted by Gasteiger charge is -2.12. The summed E-state index contributed by atoms with van der Waals surface area (Å²) in [6, 6.07) is 2.50. The molecule has 6 heteroatoms. The van der Waals surface area contributed by atoms with Crippen molar-refractivity contribution in [3.05, 3.63) is 29.6 Å². The summed E-state index contributed by atoms with van der Waals surface area (Å²) in [5.41, 5.74) is 5.07. The number of halogens is 1. The van der Waals surface area contributed by atoms with Gasteiger partial charge in [-0.05, 0) is 25.1 Å². The minimum atomic E-state index is -1.12. The second-order valence-corrected chi connectivity index (χ2v) is 3.26. The van der Waals surface area contributed by atoms with Gasteiger partial charge in [0.1, 0.15) is 11.9 Å². The van der Waals surface area contributed by atoms with Crippen molar-refractivity contribution in [2.45, 2.75) is 13.0 Å². The monoisotopic (exact) mass is 226 g/mol. The van der Waals surface area contributed by atoms with Crippen LogP contribution in [0.4, 0.5) is 10.1 Å². The van der Waals surface area contributed by atoms with Gasteiger partial charge in [-0.15, -0.1) is 0 Å². The van der Waals surface area contributed by atoms with Crippen LogP contribution in [0.15, 0.2) is 18.2 Å². The topological polar surface area (TPSA) is 92.4 Å². The van der Waals surface area contributed by atoms with Gasteiger partial charge in [0.25, 0.3) is 0 Å². The van der Waals surface area contributed by atoms with E-state index in [0.717, 1.165) is 6.07 Å². The molecule has 1 atom stereocenters. The van der Waals surface area contributed by atoms with E-state index < -0.39 is 23.7 Å². The van der Waals surface area contributed by atoms with Gasteiger partial charge in [-0.2, -0.15) is 0 Å². The molecule has 5 nitrogen and oxygen atoms in total. The number of carboxylic acids is 1. The van der Waals surface area contributed by atoms with Crippen molar-refractivity contribution in [3.63, 3.8) is 0 Å². The summed E-state index contributed by atoms with van der Waals surface area (Å²) in [4.78, 5) is 21.4. The number of primary amides is 1. The molecule has 16 heavy (non-hydrogen) atoms. The molecular weight excluding hydrogens is 215 g/mol. The average Bonchev–Trinajstić information content (AvgIpc) is 2.20. The van der Waals surface area contributed by atoms with Gasteiger partial charge >= 0.3 is 5.97 Å². The minimum Gasteiger partial charge on any atom is -0.480 e. The first-order valence-corrected chi connectivity index (χ1v) is 4.50. The van der Waals surface area contributed by atoms with Crippen molar-refractivity contribution in [1.29, 1.82) is 0 Å². The van der Waals surface area contributed by atoms with Gasteiger partial charge in [-0.25, -0.2) is 4.39 Å². The Labute approximate surface area is 91.1 Å². The molecule has 1 amide bonds. The van der Waals surface area contributed by atoms with Crippen molar-refractivity contribution in [1.82, 2.24) is 0 Å². The Bertz CT molecular complexity index is 434. The molecule has 0 saturated carbocycles. The van der Waals surface area contributed by atoms with E-state index in [1.165, 1.54) is 19.1 Å². The van der Waals surface area contributed by atoms with E-state index in [2.05, 4.69) is 5.32 Å². The molecule has 0 bridgehead atoms. The summed E-state index contributed by atoms with van der Waals surface area (Å²) in [6.07, 6.45) is 0. The molecule has 0 radical (unpaired) electrons. The van der Waals surface area contributed by atoms with E-state index in [1.54, 1.807) is 0 Å². The maximum Gasteiger partial charge on any atom is 0.325 e. The van der Waals surface area contributed by atoms with Gasteiger partial charge in [0.15, 0.2) is 0 Å². The Kier molecular flexibility index (Phi) is 3.44. The number of benzene rings is 1. The van der Waals surface area contributed by atoms with Crippen LogP contribution < -0.4 is 11.1 Å². The number of anilines is 1. The maximum absolute atomic E-state index is 13.2. The smallest absolute Gasteiger partial charge is 0.325 e. The third kappa shape index (κ3) is 2.69. The highest BCUT2D eigenvalue weighted by Gasteiger charge is 2.14. The first-order valence-electron chi connectivity index (χ1n) is 4.50. The molecule has 1 rings (SSSR count). The van der Waals surface area contributed by atoms with Gasteiger partial charge in [0, 0.05) is 5.56 Å². The first-order chi connectivity index (χ1) is 7.41. The van der Waals surface area contributed by atoms with E-state index in [0.29, 0.717) is 0 Å². The molecule has 4 N–H and O–H groups in total. The summed E-state index contributed by atoms with van der Waals surface area (Å²) in [5, 5.41) is 11.1. The summed E-state index contributed by atoms with van der Waals surface area (Å²) < 4.78 is 13.2. The summed E-state index contributed by atoms with van der Waals surface area (Å²) in [7, 11) is 0. The highest BCUT2D eigenvalue weighted by molar-refractivity contribution is 5.93. The number of hydrogen-bond acceptors (Lipinski definition) is 3. The van der Waals surface area contributed by atoms with E-state index >= 15 is 0 Å². The highest BCUT2D eigenvalue weighted by atomic mass is 19.1. The standard InChI is InChI=1S/C10H11FN2O3/c1-5(10(15)16)13-8-4-6(9(12)14)2-3-7(8)11/h2-5,13H,1H3,(H2,12,14)(H,15,16). The number of carbonyl (C=O) groups excluding carboxylic acids is 1. The van der Waals surface area contributed by atoms with Crippen molar-refractivity contribution in [2.75, 3.05) is 5.32 Å². The lowest BCUT2D eigenvalue weighted by Crippen LogP contribution is -2.26. The number of nitrogens with two attached hydrogens (primary N) is 1. The van der Waals surface area contributed by atoms with Crippen LogP contribution in [0.1, 0.15) is 17.3 Å². The Morgan fingerprint density at radius 1 is 1.50 bits per heavy atom. The van der Waals surface area contributed by atoms with Crippen LogP contribution in [0.5, 0.6) is 0 Å². The van der Waals surface area contributed by atoms with Crippen LogP contribution in [-0.4, -0.2) is 23.0 Å². The van der Waals surface area contributed by atoms with Crippen LogP contribution in [0.25, 0.3) is 0 Å². The second kappa shape index (κ2) is 4.61. The molecule has 0 heterocycles. The highest BCUT2D eigenvalue weighted by Crippen LogP contribution is 2.16. The fraction of sp³-hybridized carbons (Fsp3) is 0.200. The lowest BCUT2D eigenvalue weighted by atomic mass is 10.1. The molecule has 1 unspecified atom stereocenters. The Hall–Kier alpha value is -2.11. The summed E-state index contributed by atoms with van der Waals surface area (Å²) >= 11 is 0. The molecule has 0 aliphatic heterocycles. The zero-order valence-corrected chi connectivity index (χ0v) is 8.53. The molecule has 86 valence electrons. The van der Waals surface area contributed by atoms with Crippen LogP contribution in [-0.2, 0) is 4.79 Å². The fourth-order valence-electron chi connectivity index (χ4n) is 1.08. The number of carbonyl (C=O) groups is 2. The van der Waals surface area contributed by atoms with E-state index in [9.17, 15) is 14.0 Å². The SMILES string of the molecule is CC(Nc1cc(C(N)=O)ccc1F)C(=O)O. The van der Waals surface area contributed by atoms with Crippen molar-refractivity contribution in [3.8, 4) is 0 Å². The van der Waals surface area contributed by atoms with Crippen LogP contribution in [0.2, 0.25) is 0 Å². The Morgan fingerprint density at radius 2 is 2.12 bits per heavy atom. The lowest BCUT2D eigenvalue weighted by molar-refractivity contribution is -0.137. The molecule has 0 fully saturated rings. The number of carboxylic acid groups (broad SMARTS) is 1. The zero-order chi connectivity index (χ0) is 12.3. The third-order valence-corrected chi connectivity index (χ3v) is 1.99. The maximum atomic E-state index is 13.2. The molecule has 0 spiro atoms. The van der Waals surface area contributed by atoms with Crippen molar-refractivity contribution >= 4 is 17.6 Å². The van der Waals surface area contributed by atoms with Gasteiger partial charge in [0.05, 0.1) is 5.69 Å². The second-order valence-electron chi connectivity index (χ2n) is 3.26. The van der Waals surface area contributed by atoms with E-state index in [-0.39, 0.29) is 11.3 Å². The van der Waals surface area contributed by atoms with Crippen molar-refractivity contribution in [2.24, 2.45) is 5.73 Å². The summed E-state index contributed by atoms with van der Waals surface area (Å²) in [6.45, 7) is 1.36. The molecule has 1 aromatic carbocycles. The number of hydrogen-bond donors (Lipinski definition) is 3. The van der Waals surface area contributed by atoms with Gasteiger partial charge in [-0.3, -0.25) is 9.59 Å². The number of amides is 1. The molecule has 0 aliphatic rings. The quantitative estimate of drug-likeness (QED) is 0.708. The molecule has 0 aromatic heterocycles. The normalized spacial score (nSPS) is 11.9. The zero-order valence-electron chi connectivity index (χ0n) is 8.53. The van der Waals surface area contributed by atoms with Crippen LogP contribution in [0, 0.1) is 5.82 Å². The molecule has 0 saturated heterocycles. The van der Waals surface area contributed by atoms with E-state index in [4.69, 9.17) is 10.8 Å².